The fourth-order valence-electron chi connectivity index (χ4n) is 2.58. The summed E-state index contributed by atoms with van der Waals surface area (Å²) in [7, 11) is 0. The van der Waals surface area contributed by atoms with Crippen LogP contribution >= 0.6 is 12.4 Å². The third-order valence-electron chi connectivity index (χ3n) is 3.58. The summed E-state index contributed by atoms with van der Waals surface area (Å²) in [5, 5.41) is 8.54. The van der Waals surface area contributed by atoms with Crippen molar-refractivity contribution in [3.8, 4) is 0 Å². The molecule has 0 saturated carbocycles. The Morgan fingerprint density at radius 1 is 1.26 bits per heavy atom. The summed E-state index contributed by atoms with van der Waals surface area (Å²) in [6, 6.07) is 4.03. The molecular formula is C16H24ClN3O3. The van der Waals surface area contributed by atoms with E-state index in [0.717, 1.165) is 28.9 Å². The van der Waals surface area contributed by atoms with E-state index in [9.17, 15) is 9.59 Å². The smallest absolute Gasteiger partial charge is 0.250 e. The first-order valence-electron chi connectivity index (χ1n) is 7.45. The van der Waals surface area contributed by atoms with Gasteiger partial charge in [0.2, 0.25) is 5.91 Å². The van der Waals surface area contributed by atoms with Crippen molar-refractivity contribution in [3.63, 3.8) is 0 Å². The van der Waals surface area contributed by atoms with Crippen molar-refractivity contribution in [2.75, 3.05) is 31.6 Å². The summed E-state index contributed by atoms with van der Waals surface area (Å²) in [4.78, 5) is 23.9. The third-order valence-corrected chi connectivity index (χ3v) is 3.58. The summed E-state index contributed by atoms with van der Waals surface area (Å²) in [6.07, 6.45) is -0.524. The number of nitrogens with one attached hydrogen (secondary N) is 3. The van der Waals surface area contributed by atoms with E-state index < -0.39 is 6.10 Å². The van der Waals surface area contributed by atoms with Gasteiger partial charge in [-0.1, -0.05) is 17.7 Å². The number of carbonyl (C=O) groups is 2. The van der Waals surface area contributed by atoms with Crippen LogP contribution in [0.5, 0.6) is 0 Å². The van der Waals surface area contributed by atoms with Crippen molar-refractivity contribution >= 4 is 29.9 Å². The van der Waals surface area contributed by atoms with Crippen LogP contribution in [-0.2, 0) is 14.3 Å². The van der Waals surface area contributed by atoms with Gasteiger partial charge in [0.15, 0.2) is 0 Å². The lowest BCUT2D eigenvalue weighted by Crippen LogP contribution is -2.49. The first kappa shape index (κ1) is 19.4. The van der Waals surface area contributed by atoms with Gasteiger partial charge in [0.25, 0.3) is 5.91 Å². The predicted molar refractivity (Wildman–Crippen MR) is 92.2 cm³/mol. The molecule has 2 amide bonds. The molecule has 0 spiro atoms. The van der Waals surface area contributed by atoms with Crippen molar-refractivity contribution in [2.45, 2.75) is 26.9 Å². The van der Waals surface area contributed by atoms with Crippen LogP contribution in [-0.4, -0.2) is 44.2 Å². The molecule has 1 aromatic rings. The van der Waals surface area contributed by atoms with Crippen molar-refractivity contribution in [1.29, 1.82) is 0 Å². The molecule has 23 heavy (non-hydrogen) atoms. The molecule has 1 heterocycles. The molecule has 0 aromatic heterocycles. The Kier molecular flexibility index (Phi) is 7.48. The second-order valence-corrected chi connectivity index (χ2v) is 5.60. The average Bonchev–Trinajstić information content (AvgIpc) is 2.49. The highest BCUT2D eigenvalue weighted by atomic mass is 35.5. The first-order chi connectivity index (χ1) is 10.5. The number of carbonyl (C=O) groups excluding carboxylic acids is 2. The normalized spacial score (nSPS) is 17.1. The molecule has 1 aliphatic heterocycles. The minimum Gasteiger partial charge on any atom is -0.366 e. The summed E-state index contributed by atoms with van der Waals surface area (Å²) in [5.74, 6) is -0.508. The molecule has 1 fully saturated rings. The zero-order valence-electron chi connectivity index (χ0n) is 13.7. The van der Waals surface area contributed by atoms with Crippen LogP contribution in [0.1, 0.15) is 16.7 Å². The standard InChI is InChI=1S/C16H23N3O3.ClH/c1-10-6-11(2)15(12(3)7-10)19-14(20)9-18-16(21)13-8-17-4-5-22-13;/h6-7,13,17H,4-5,8-9H2,1-3H3,(H,18,21)(H,19,20);1H. The van der Waals surface area contributed by atoms with Crippen molar-refractivity contribution < 1.29 is 14.3 Å². The minimum absolute atomic E-state index is 0. The van der Waals surface area contributed by atoms with Crippen molar-refractivity contribution in [1.82, 2.24) is 10.6 Å². The Morgan fingerprint density at radius 3 is 2.48 bits per heavy atom. The topological polar surface area (TPSA) is 79.5 Å². The zero-order chi connectivity index (χ0) is 16.1. The Labute approximate surface area is 142 Å². The molecular weight excluding hydrogens is 318 g/mol. The van der Waals surface area contributed by atoms with Crippen LogP contribution in [0.2, 0.25) is 0 Å². The fourth-order valence-corrected chi connectivity index (χ4v) is 2.58. The number of amides is 2. The molecule has 1 aliphatic rings. The summed E-state index contributed by atoms with van der Waals surface area (Å²) >= 11 is 0. The lowest BCUT2D eigenvalue weighted by Gasteiger charge is -2.22. The molecule has 6 nitrogen and oxygen atoms in total. The van der Waals surface area contributed by atoms with Crippen molar-refractivity contribution in [2.24, 2.45) is 0 Å². The van der Waals surface area contributed by atoms with Gasteiger partial charge in [-0.25, -0.2) is 0 Å². The van der Waals surface area contributed by atoms with E-state index in [-0.39, 0.29) is 30.8 Å². The maximum Gasteiger partial charge on any atom is 0.250 e. The predicted octanol–water partition coefficient (Wildman–Crippen LogP) is 1.08. The van der Waals surface area contributed by atoms with E-state index in [1.54, 1.807) is 0 Å². The van der Waals surface area contributed by atoms with Gasteiger partial charge < -0.3 is 20.7 Å². The number of hydrogen-bond donors (Lipinski definition) is 3. The van der Waals surface area contributed by atoms with Crippen molar-refractivity contribution in [3.05, 3.63) is 28.8 Å². The quantitative estimate of drug-likeness (QED) is 0.765. The lowest BCUT2D eigenvalue weighted by molar-refractivity contribution is -0.135. The van der Waals surface area contributed by atoms with Gasteiger partial charge in [-0.15, -0.1) is 12.4 Å². The van der Waals surface area contributed by atoms with E-state index in [4.69, 9.17) is 4.74 Å². The first-order valence-corrected chi connectivity index (χ1v) is 7.45. The van der Waals surface area contributed by atoms with Crippen LogP contribution in [0.25, 0.3) is 0 Å². The maximum atomic E-state index is 12.0. The average molecular weight is 342 g/mol. The zero-order valence-corrected chi connectivity index (χ0v) is 14.5. The number of ether oxygens (including phenoxy) is 1. The van der Waals surface area contributed by atoms with E-state index in [2.05, 4.69) is 16.0 Å². The second-order valence-electron chi connectivity index (χ2n) is 5.60. The third kappa shape index (κ3) is 5.49. The Morgan fingerprint density at radius 2 is 1.91 bits per heavy atom. The van der Waals surface area contributed by atoms with Crippen LogP contribution < -0.4 is 16.0 Å². The van der Waals surface area contributed by atoms with Gasteiger partial charge in [-0.05, 0) is 31.9 Å². The SMILES string of the molecule is Cc1cc(C)c(NC(=O)CNC(=O)C2CNCCO2)c(C)c1.Cl. The number of aryl methyl sites for hydroxylation is 3. The Hall–Kier alpha value is -1.63. The molecule has 0 aliphatic carbocycles. The largest absolute Gasteiger partial charge is 0.366 e. The van der Waals surface area contributed by atoms with Gasteiger partial charge in [-0.2, -0.15) is 0 Å². The number of morpholine rings is 1. The summed E-state index contributed by atoms with van der Waals surface area (Å²) < 4.78 is 5.34. The van der Waals surface area contributed by atoms with Crippen LogP contribution in [0, 0.1) is 20.8 Å². The van der Waals surface area contributed by atoms with Gasteiger partial charge >= 0.3 is 0 Å². The molecule has 0 radical (unpaired) electrons. The maximum absolute atomic E-state index is 12.0. The van der Waals surface area contributed by atoms with E-state index >= 15 is 0 Å². The number of hydrogen-bond acceptors (Lipinski definition) is 4. The highest BCUT2D eigenvalue weighted by molar-refractivity contribution is 5.96. The highest BCUT2D eigenvalue weighted by Crippen LogP contribution is 2.21. The van der Waals surface area contributed by atoms with Crippen LogP contribution in [0.4, 0.5) is 5.69 Å². The van der Waals surface area contributed by atoms with Gasteiger partial charge in [-0.3, -0.25) is 9.59 Å². The molecule has 1 aromatic carbocycles. The molecule has 1 saturated heterocycles. The van der Waals surface area contributed by atoms with Crippen LogP contribution in [0.15, 0.2) is 12.1 Å². The van der Waals surface area contributed by atoms with E-state index in [1.807, 2.05) is 32.9 Å². The molecule has 2 rings (SSSR count). The molecule has 0 bridgehead atoms. The fraction of sp³-hybridized carbons (Fsp3) is 0.500. The Bertz CT molecular complexity index is 549. The lowest BCUT2D eigenvalue weighted by atomic mass is 10.1. The molecule has 1 unspecified atom stereocenters. The monoisotopic (exact) mass is 341 g/mol. The van der Waals surface area contributed by atoms with Gasteiger partial charge in [0.1, 0.15) is 6.10 Å². The number of halogens is 1. The number of benzene rings is 1. The highest BCUT2D eigenvalue weighted by Gasteiger charge is 2.22. The minimum atomic E-state index is -0.524. The number of rotatable bonds is 4. The van der Waals surface area contributed by atoms with Crippen LogP contribution in [0.3, 0.4) is 0 Å². The van der Waals surface area contributed by atoms with E-state index in [0.29, 0.717) is 13.2 Å². The summed E-state index contributed by atoms with van der Waals surface area (Å²) in [6.45, 7) is 7.59. The second kappa shape index (κ2) is 8.86. The molecule has 3 N–H and O–H groups in total. The number of anilines is 1. The van der Waals surface area contributed by atoms with Gasteiger partial charge in [0.05, 0.1) is 13.2 Å². The van der Waals surface area contributed by atoms with Gasteiger partial charge in [0, 0.05) is 18.8 Å². The molecule has 128 valence electrons. The molecule has 1 atom stereocenters. The summed E-state index contributed by atoms with van der Waals surface area (Å²) in [5.41, 5.74) is 3.98. The molecule has 7 heteroatoms. The van der Waals surface area contributed by atoms with E-state index in [1.165, 1.54) is 0 Å². The Balaban J connectivity index is 0.00000264.